The van der Waals surface area contributed by atoms with E-state index >= 15 is 0 Å². The molecule has 0 unspecified atom stereocenters. The van der Waals surface area contributed by atoms with E-state index in [0.29, 0.717) is 17.2 Å². The highest BCUT2D eigenvalue weighted by Gasteiger charge is 2.29. The standard InChI is InChI=1S/C18H25N3O3/c1-14-7-8-15(12-17(14)21(23)24)18(22)20-11-3-2-6-16(13-20)19-9-4-5-10-19/h7-8,12,16H,2-6,9-11,13H2,1H3/t16-/m0/s1. The molecule has 2 heterocycles. The van der Waals surface area contributed by atoms with Gasteiger partial charge in [-0.2, -0.15) is 0 Å². The van der Waals surface area contributed by atoms with Crippen LogP contribution in [-0.4, -0.2) is 52.9 Å². The summed E-state index contributed by atoms with van der Waals surface area (Å²) in [6, 6.07) is 5.23. The predicted molar refractivity (Wildman–Crippen MR) is 92.2 cm³/mol. The number of carbonyl (C=O) groups is 1. The van der Waals surface area contributed by atoms with Crippen LogP contribution in [0.25, 0.3) is 0 Å². The largest absolute Gasteiger partial charge is 0.337 e. The molecular formula is C18H25N3O3. The molecule has 0 aliphatic carbocycles. The van der Waals surface area contributed by atoms with Gasteiger partial charge in [-0.05, 0) is 51.8 Å². The summed E-state index contributed by atoms with van der Waals surface area (Å²) >= 11 is 0. The maximum absolute atomic E-state index is 12.9. The molecule has 2 fully saturated rings. The van der Waals surface area contributed by atoms with Gasteiger partial charge in [0, 0.05) is 36.3 Å². The fraction of sp³-hybridized carbons (Fsp3) is 0.611. The van der Waals surface area contributed by atoms with Crippen molar-refractivity contribution in [2.45, 2.75) is 45.1 Å². The number of carbonyl (C=O) groups excluding carboxylic acids is 1. The van der Waals surface area contributed by atoms with E-state index in [4.69, 9.17) is 0 Å². The lowest BCUT2D eigenvalue weighted by atomic mass is 10.1. The molecule has 2 saturated heterocycles. The van der Waals surface area contributed by atoms with Crippen LogP contribution in [-0.2, 0) is 0 Å². The predicted octanol–water partition coefficient (Wildman–Crippen LogP) is 2.99. The van der Waals surface area contributed by atoms with Gasteiger partial charge in [0.15, 0.2) is 0 Å². The molecule has 24 heavy (non-hydrogen) atoms. The molecule has 0 saturated carbocycles. The molecule has 1 aromatic rings. The van der Waals surface area contributed by atoms with Crippen molar-refractivity contribution in [1.82, 2.24) is 9.80 Å². The number of rotatable bonds is 3. The Labute approximate surface area is 142 Å². The minimum atomic E-state index is -0.415. The maximum atomic E-state index is 12.9. The third-order valence-corrected chi connectivity index (χ3v) is 5.24. The summed E-state index contributed by atoms with van der Waals surface area (Å²) < 4.78 is 0. The van der Waals surface area contributed by atoms with E-state index in [1.807, 2.05) is 4.90 Å². The van der Waals surface area contributed by atoms with Crippen molar-refractivity contribution in [2.24, 2.45) is 0 Å². The normalized spacial score (nSPS) is 22.4. The number of hydrogen-bond donors (Lipinski definition) is 0. The summed E-state index contributed by atoms with van der Waals surface area (Å²) in [4.78, 5) is 28.0. The molecule has 0 bridgehead atoms. The zero-order chi connectivity index (χ0) is 17.1. The van der Waals surface area contributed by atoms with Crippen LogP contribution in [0.15, 0.2) is 18.2 Å². The van der Waals surface area contributed by atoms with E-state index in [9.17, 15) is 14.9 Å². The number of nitrogens with zero attached hydrogens (tertiary/aromatic N) is 3. The second-order valence-electron chi connectivity index (χ2n) is 6.90. The van der Waals surface area contributed by atoms with Crippen molar-refractivity contribution < 1.29 is 9.72 Å². The molecule has 6 nitrogen and oxygen atoms in total. The van der Waals surface area contributed by atoms with Gasteiger partial charge in [-0.3, -0.25) is 19.8 Å². The third-order valence-electron chi connectivity index (χ3n) is 5.24. The second kappa shape index (κ2) is 7.30. The van der Waals surface area contributed by atoms with Crippen LogP contribution in [0.2, 0.25) is 0 Å². The van der Waals surface area contributed by atoms with E-state index in [1.54, 1.807) is 19.1 Å². The van der Waals surface area contributed by atoms with Gasteiger partial charge >= 0.3 is 0 Å². The average molecular weight is 331 g/mol. The SMILES string of the molecule is Cc1ccc(C(=O)N2CCCC[C@H](N3CCCC3)C2)cc1[N+](=O)[O-]. The van der Waals surface area contributed by atoms with Crippen molar-refractivity contribution in [3.8, 4) is 0 Å². The van der Waals surface area contributed by atoms with Crippen molar-refractivity contribution in [3.05, 3.63) is 39.4 Å². The van der Waals surface area contributed by atoms with Crippen LogP contribution in [0, 0.1) is 17.0 Å². The van der Waals surface area contributed by atoms with Crippen molar-refractivity contribution >= 4 is 11.6 Å². The highest BCUT2D eigenvalue weighted by molar-refractivity contribution is 5.95. The van der Waals surface area contributed by atoms with Gasteiger partial charge in [0.05, 0.1) is 4.92 Å². The van der Waals surface area contributed by atoms with Crippen LogP contribution in [0.5, 0.6) is 0 Å². The molecule has 2 aliphatic rings. The van der Waals surface area contributed by atoms with Gasteiger partial charge in [-0.25, -0.2) is 0 Å². The minimum Gasteiger partial charge on any atom is -0.337 e. The van der Waals surface area contributed by atoms with Gasteiger partial charge in [0.25, 0.3) is 11.6 Å². The molecule has 3 rings (SSSR count). The van der Waals surface area contributed by atoms with Gasteiger partial charge in [-0.15, -0.1) is 0 Å². The van der Waals surface area contributed by atoms with Gasteiger partial charge in [-0.1, -0.05) is 12.5 Å². The second-order valence-corrected chi connectivity index (χ2v) is 6.90. The number of nitro benzene ring substituents is 1. The van der Waals surface area contributed by atoms with E-state index in [-0.39, 0.29) is 11.6 Å². The van der Waals surface area contributed by atoms with Gasteiger partial charge in [0.2, 0.25) is 0 Å². The number of nitro groups is 1. The van der Waals surface area contributed by atoms with Gasteiger partial charge in [0.1, 0.15) is 0 Å². The Morgan fingerprint density at radius 3 is 2.58 bits per heavy atom. The summed E-state index contributed by atoms with van der Waals surface area (Å²) in [6.07, 6.45) is 5.77. The summed E-state index contributed by atoms with van der Waals surface area (Å²) in [6.45, 7) is 5.43. The monoisotopic (exact) mass is 331 g/mol. The fourth-order valence-electron chi connectivity index (χ4n) is 3.83. The smallest absolute Gasteiger partial charge is 0.273 e. The summed E-state index contributed by atoms with van der Waals surface area (Å²) in [7, 11) is 0. The Morgan fingerprint density at radius 1 is 1.17 bits per heavy atom. The summed E-state index contributed by atoms with van der Waals surface area (Å²) in [5.41, 5.74) is 1.03. The molecule has 0 spiro atoms. The van der Waals surface area contributed by atoms with E-state index < -0.39 is 4.92 Å². The first-order chi connectivity index (χ1) is 11.6. The number of aryl methyl sites for hydroxylation is 1. The lowest BCUT2D eigenvalue weighted by Gasteiger charge is -2.30. The number of likely N-dealkylation sites (tertiary alicyclic amines) is 2. The van der Waals surface area contributed by atoms with Crippen LogP contribution < -0.4 is 0 Å². The molecular weight excluding hydrogens is 306 g/mol. The first-order valence-electron chi connectivity index (χ1n) is 8.84. The first kappa shape index (κ1) is 16.9. The van der Waals surface area contributed by atoms with E-state index in [0.717, 1.165) is 45.4 Å². The number of hydrogen-bond acceptors (Lipinski definition) is 4. The average Bonchev–Trinajstić information content (AvgIpc) is 2.99. The van der Waals surface area contributed by atoms with Crippen molar-refractivity contribution in [2.75, 3.05) is 26.2 Å². The topological polar surface area (TPSA) is 66.7 Å². The van der Waals surface area contributed by atoms with Crippen LogP contribution >= 0.6 is 0 Å². The minimum absolute atomic E-state index is 0.0202. The summed E-state index contributed by atoms with van der Waals surface area (Å²) in [5, 5.41) is 11.1. The quantitative estimate of drug-likeness (QED) is 0.631. The zero-order valence-electron chi connectivity index (χ0n) is 14.2. The first-order valence-corrected chi connectivity index (χ1v) is 8.84. The lowest BCUT2D eigenvalue weighted by Crippen LogP contribution is -2.43. The van der Waals surface area contributed by atoms with E-state index in [2.05, 4.69) is 4.90 Å². The molecule has 130 valence electrons. The molecule has 2 aliphatic heterocycles. The zero-order valence-corrected chi connectivity index (χ0v) is 14.2. The lowest BCUT2D eigenvalue weighted by molar-refractivity contribution is -0.385. The summed E-state index contributed by atoms with van der Waals surface area (Å²) in [5.74, 6) is -0.0794. The highest BCUT2D eigenvalue weighted by atomic mass is 16.6. The van der Waals surface area contributed by atoms with Crippen LogP contribution in [0.4, 0.5) is 5.69 Å². The molecule has 0 radical (unpaired) electrons. The Morgan fingerprint density at radius 2 is 1.88 bits per heavy atom. The molecule has 1 aromatic carbocycles. The molecule has 1 atom stereocenters. The maximum Gasteiger partial charge on any atom is 0.273 e. The van der Waals surface area contributed by atoms with E-state index in [1.165, 1.54) is 18.9 Å². The Hall–Kier alpha value is -1.95. The number of amides is 1. The molecule has 0 aromatic heterocycles. The Bertz CT molecular complexity index is 626. The molecule has 0 N–H and O–H groups in total. The number of benzene rings is 1. The Balaban J connectivity index is 1.77. The Kier molecular flexibility index (Phi) is 5.14. The highest BCUT2D eigenvalue weighted by Crippen LogP contribution is 2.24. The van der Waals surface area contributed by atoms with Crippen molar-refractivity contribution in [1.29, 1.82) is 0 Å². The fourth-order valence-corrected chi connectivity index (χ4v) is 3.83. The molecule has 1 amide bonds. The third kappa shape index (κ3) is 3.59. The van der Waals surface area contributed by atoms with Crippen molar-refractivity contribution in [3.63, 3.8) is 0 Å². The van der Waals surface area contributed by atoms with Gasteiger partial charge < -0.3 is 4.90 Å². The van der Waals surface area contributed by atoms with Crippen LogP contribution in [0.3, 0.4) is 0 Å². The van der Waals surface area contributed by atoms with Crippen LogP contribution in [0.1, 0.15) is 48.0 Å². The molecule has 6 heteroatoms.